The highest BCUT2D eigenvalue weighted by molar-refractivity contribution is 7.88. The summed E-state index contributed by atoms with van der Waals surface area (Å²) in [6.07, 6.45) is 6.82. The van der Waals surface area contributed by atoms with Crippen molar-refractivity contribution in [3.63, 3.8) is 0 Å². The standard InChI is InChI=1S/C18H28N2O3S/c1-24(21,22)20-17-11-12-19-18(17)13-23-16-9-7-15(8-10-16)14-5-3-2-4-6-14/h2-6,15-20H,7-13H2,1H3. The topological polar surface area (TPSA) is 67.4 Å². The van der Waals surface area contributed by atoms with Crippen molar-refractivity contribution in [2.45, 2.75) is 56.2 Å². The molecule has 0 radical (unpaired) electrons. The minimum Gasteiger partial charge on any atom is -0.377 e. The molecule has 6 heteroatoms. The molecular formula is C18H28N2O3S. The number of sulfonamides is 1. The number of ether oxygens (including phenoxy) is 1. The Morgan fingerprint density at radius 2 is 1.83 bits per heavy atom. The van der Waals surface area contributed by atoms with Crippen LogP contribution < -0.4 is 10.0 Å². The lowest BCUT2D eigenvalue weighted by molar-refractivity contribution is 0.0126. The molecule has 5 nitrogen and oxygen atoms in total. The average molecular weight is 353 g/mol. The van der Waals surface area contributed by atoms with Gasteiger partial charge in [0.25, 0.3) is 0 Å². The van der Waals surface area contributed by atoms with Crippen molar-refractivity contribution in [2.24, 2.45) is 0 Å². The normalized spacial score (nSPS) is 31.2. The Bertz CT molecular complexity index is 612. The van der Waals surface area contributed by atoms with Crippen LogP contribution in [0.2, 0.25) is 0 Å². The van der Waals surface area contributed by atoms with E-state index in [9.17, 15) is 8.42 Å². The van der Waals surface area contributed by atoms with Crippen LogP contribution in [0, 0.1) is 0 Å². The van der Waals surface area contributed by atoms with Crippen LogP contribution in [0.1, 0.15) is 43.6 Å². The number of hydrogen-bond donors (Lipinski definition) is 2. The van der Waals surface area contributed by atoms with Crippen LogP contribution in [0.25, 0.3) is 0 Å². The Kier molecular flexibility index (Phi) is 5.92. The maximum absolute atomic E-state index is 11.4. The predicted molar refractivity (Wildman–Crippen MR) is 95.6 cm³/mol. The molecule has 0 spiro atoms. The Morgan fingerprint density at radius 1 is 1.12 bits per heavy atom. The summed E-state index contributed by atoms with van der Waals surface area (Å²) in [7, 11) is -3.17. The van der Waals surface area contributed by atoms with Crippen LogP contribution in [0.5, 0.6) is 0 Å². The first-order valence-corrected chi connectivity index (χ1v) is 10.8. The van der Waals surface area contributed by atoms with E-state index < -0.39 is 10.0 Å². The van der Waals surface area contributed by atoms with E-state index in [1.807, 2.05) is 0 Å². The van der Waals surface area contributed by atoms with Crippen LogP contribution in [0.15, 0.2) is 30.3 Å². The van der Waals surface area contributed by atoms with Crippen LogP contribution in [0.3, 0.4) is 0 Å². The van der Waals surface area contributed by atoms with Gasteiger partial charge in [-0.05, 0) is 50.1 Å². The highest BCUT2D eigenvalue weighted by atomic mass is 32.2. The molecule has 2 fully saturated rings. The number of benzene rings is 1. The summed E-state index contributed by atoms with van der Waals surface area (Å²) in [5, 5.41) is 3.35. The Labute approximate surface area is 145 Å². The molecule has 1 aromatic carbocycles. The zero-order chi connectivity index (χ0) is 17.0. The summed E-state index contributed by atoms with van der Waals surface area (Å²) in [4.78, 5) is 0. The first kappa shape index (κ1) is 17.9. The monoisotopic (exact) mass is 352 g/mol. The van der Waals surface area contributed by atoms with E-state index in [1.165, 1.54) is 11.8 Å². The van der Waals surface area contributed by atoms with E-state index in [0.29, 0.717) is 18.6 Å². The summed E-state index contributed by atoms with van der Waals surface area (Å²) in [6.45, 7) is 1.41. The first-order valence-electron chi connectivity index (χ1n) is 8.88. The van der Waals surface area contributed by atoms with E-state index in [1.54, 1.807) is 0 Å². The third-order valence-electron chi connectivity index (χ3n) is 5.17. The van der Waals surface area contributed by atoms with E-state index in [-0.39, 0.29) is 12.1 Å². The van der Waals surface area contributed by atoms with Crippen LogP contribution in [-0.4, -0.2) is 46.0 Å². The van der Waals surface area contributed by atoms with Crippen LogP contribution >= 0.6 is 0 Å². The third kappa shape index (κ3) is 5.02. The molecule has 2 unspecified atom stereocenters. The van der Waals surface area contributed by atoms with Gasteiger partial charge in [0, 0.05) is 12.1 Å². The molecule has 0 bridgehead atoms. The van der Waals surface area contributed by atoms with E-state index in [0.717, 1.165) is 38.6 Å². The van der Waals surface area contributed by atoms with E-state index in [4.69, 9.17) is 4.74 Å². The molecule has 2 N–H and O–H groups in total. The van der Waals surface area contributed by atoms with Gasteiger partial charge < -0.3 is 10.1 Å². The third-order valence-corrected chi connectivity index (χ3v) is 5.90. The molecule has 0 aromatic heterocycles. The molecule has 1 heterocycles. The minimum absolute atomic E-state index is 0.0549. The number of nitrogens with one attached hydrogen (secondary N) is 2. The summed E-state index contributed by atoms with van der Waals surface area (Å²) >= 11 is 0. The van der Waals surface area contributed by atoms with Crippen molar-refractivity contribution in [3.8, 4) is 0 Å². The molecule has 1 saturated heterocycles. The van der Waals surface area contributed by atoms with Gasteiger partial charge in [0.1, 0.15) is 0 Å². The lowest BCUT2D eigenvalue weighted by atomic mass is 9.83. The molecule has 2 aliphatic rings. The molecule has 1 saturated carbocycles. The van der Waals surface area contributed by atoms with Gasteiger partial charge in [0.05, 0.1) is 19.0 Å². The SMILES string of the molecule is CS(=O)(=O)NC1CCNC1COC1CCC(c2ccccc2)CC1. The Morgan fingerprint density at radius 3 is 2.50 bits per heavy atom. The second-order valence-electron chi connectivity index (χ2n) is 7.06. The lowest BCUT2D eigenvalue weighted by Crippen LogP contribution is -2.46. The van der Waals surface area contributed by atoms with Crippen molar-refractivity contribution < 1.29 is 13.2 Å². The molecule has 3 rings (SSSR count). The predicted octanol–water partition coefficient (Wildman–Crippen LogP) is 2.01. The zero-order valence-electron chi connectivity index (χ0n) is 14.3. The maximum Gasteiger partial charge on any atom is 0.209 e. The van der Waals surface area contributed by atoms with Gasteiger partial charge in [-0.25, -0.2) is 13.1 Å². The Hall–Kier alpha value is -0.950. The largest absolute Gasteiger partial charge is 0.377 e. The number of rotatable bonds is 6. The summed E-state index contributed by atoms with van der Waals surface area (Å²) in [5.41, 5.74) is 1.44. The quantitative estimate of drug-likeness (QED) is 0.822. The second-order valence-corrected chi connectivity index (χ2v) is 8.84. The molecule has 2 atom stereocenters. The van der Waals surface area contributed by atoms with Gasteiger partial charge in [-0.15, -0.1) is 0 Å². The van der Waals surface area contributed by atoms with E-state index in [2.05, 4.69) is 40.4 Å². The van der Waals surface area contributed by atoms with Gasteiger partial charge in [-0.3, -0.25) is 0 Å². The zero-order valence-corrected chi connectivity index (χ0v) is 15.1. The van der Waals surface area contributed by atoms with Crippen molar-refractivity contribution in [1.82, 2.24) is 10.0 Å². The smallest absolute Gasteiger partial charge is 0.209 e. The first-order chi connectivity index (χ1) is 11.5. The highest BCUT2D eigenvalue weighted by Crippen LogP contribution is 2.34. The van der Waals surface area contributed by atoms with Gasteiger partial charge in [-0.2, -0.15) is 0 Å². The van der Waals surface area contributed by atoms with Crippen molar-refractivity contribution in [3.05, 3.63) is 35.9 Å². The van der Waals surface area contributed by atoms with Gasteiger partial charge in [0.15, 0.2) is 0 Å². The Balaban J connectivity index is 1.43. The fourth-order valence-corrected chi connectivity index (χ4v) is 4.72. The molecule has 1 aliphatic heterocycles. The van der Waals surface area contributed by atoms with Crippen LogP contribution in [-0.2, 0) is 14.8 Å². The minimum atomic E-state index is -3.17. The lowest BCUT2D eigenvalue weighted by Gasteiger charge is -2.30. The van der Waals surface area contributed by atoms with Crippen molar-refractivity contribution in [1.29, 1.82) is 0 Å². The second kappa shape index (κ2) is 7.95. The summed E-state index contributed by atoms with van der Waals surface area (Å²) in [6, 6.07) is 10.7. The van der Waals surface area contributed by atoms with Gasteiger partial charge in [0.2, 0.25) is 10.0 Å². The summed E-state index contributed by atoms with van der Waals surface area (Å²) < 4.78 is 31.7. The molecule has 0 amide bonds. The molecule has 134 valence electrons. The highest BCUT2D eigenvalue weighted by Gasteiger charge is 2.30. The fraction of sp³-hybridized carbons (Fsp3) is 0.667. The van der Waals surface area contributed by atoms with Gasteiger partial charge >= 0.3 is 0 Å². The molecular weight excluding hydrogens is 324 g/mol. The maximum atomic E-state index is 11.4. The van der Waals surface area contributed by atoms with Crippen molar-refractivity contribution in [2.75, 3.05) is 19.4 Å². The fourth-order valence-electron chi connectivity index (χ4n) is 3.89. The summed E-state index contributed by atoms with van der Waals surface area (Å²) in [5.74, 6) is 0.648. The molecule has 1 aromatic rings. The van der Waals surface area contributed by atoms with Gasteiger partial charge in [-0.1, -0.05) is 30.3 Å². The molecule has 24 heavy (non-hydrogen) atoms. The number of hydrogen-bond acceptors (Lipinski definition) is 4. The van der Waals surface area contributed by atoms with Crippen LogP contribution in [0.4, 0.5) is 0 Å². The molecule has 1 aliphatic carbocycles. The van der Waals surface area contributed by atoms with Crippen molar-refractivity contribution >= 4 is 10.0 Å². The van der Waals surface area contributed by atoms with E-state index >= 15 is 0 Å². The average Bonchev–Trinajstić information content (AvgIpc) is 2.99.